The molecule has 0 saturated carbocycles. The van der Waals surface area contributed by atoms with E-state index in [0.29, 0.717) is 6.54 Å². The molecule has 1 aliphatic heterocycles. The maximum Gasteiger partial charge on any atom is 0.272 e. The molecule has 20 heavy (non-hydrogen) atoms. The van der Waals surface area contributed by atoms with Gasteiger partial charge in [-0.15, -0.1) is 0 Å². The van der Waals surface area contributed by atoms with E-state index in [0.717, 1.165) is 57.1 Å². The Kier molecular flexibility index (Phi) is 5.14. The van der Waals surface area contributed by atoms with Gasteiger partial charge < -0.3 is 10.6 Å². The number of aryl methyl sites for hydroxylation is 2. The normalized spacial score (nSPS) is 16.6. The molecule has 0 bridgehead atoms. The Bertz CT molecular complexity index is 448. The number of carbonyl (C=O) groups is 1. The highest BCUT2D eigenvalue weighted by Crippen LogP contribution is 2.11. The molecule has 2 rings (SSSR count). The summed E-state index contributed by atoms with van der Waals surface area (Å²) in [5.74, 6) is 0.103. The molecule has 0 atom stereocenters. The third kappa shape index (κ3) is 3.19. The van der Waals surface area contributed by atoms with E-state index in [1.807, 2.05) is 22.6 Å². The number of rotatable bonds is 5. The van der Waals surface area contributed by atoms with E-state index in [1.54, 1.807) is 0 Å². The van der Waals surface area contributed by atoms with Crippen LogP contribution in [0, 0.1) is 0 Å². The summed E-state index contributed by atoms with van der Waals surface area (Å²) < 4.78 is 1.81. The van der Waals surface area contributed by atoms with Gasteiger partial charge in [0.15, 0.2) is 0 Å². The van der Waals surface area contributed by atoms with E-state index in [1.165, 1.54) is 0 Å². The van der Waals surface area contributed by atoms with E-state index >= 15 is 0 Å². The molecule has 0 radical (unpaired) electrons. The quantitative estimate of drug-likeness (QED) is 0.835. The average molecular weight is 279 g/mol. The van der Waals surface area contributed by atoms with E-state index in [4.69, 9.17) is 5.73 Å². The van der Waals surface area contributed by atoms with Gasteiger partial charge in [0.25, 0.3) is 5.91 Å². The minimum atomic E-state index is 0.103. The maximum absolute atomic E-state index is 12.6. The Morgan fingerprint density at radius 1 is 1.30 bits per heavy atom. The molecule has 1 saturated heterocycles. The van der Waals surface area contributed by atoms with Crippen molar-refractivity contribution in [2.75, 3.05) is 39.3 Å². The van der Waals surface area contributed by atoms with Crippen LogP contribution in [0.4, 0.5) is 0 Å². The van der Waals surface area contributed by atoms with Crippen LogP contribution in [0.15, 0.2) is 6.07 Å². The highest BCUT2D eigenvalue weighted by molar-refractivity contribution is 5.92. The first kappa shape index (κ1) is 15.0. The molecule has 0 spiro atoms. The van der Waals surface area contributed by atoms with Crippen LogP contribution in [0.5, 0.6) is 0 Å². The number of piperazine rings is 1. The minimum absolute atomic E-state index is 0.103. The van der Waals surface area contributed by atoms with E-state index in [-0.39, 0.29) is 5.91 Å². The molecule has 1 fully saturated rings. The van der Waals surface area contributed by atoms with E-state index in [2.05, 4.69) is 16.9 Å². The number of carbonyl (C=O) groups excluding carboxylic acids is 1. The van der Waals surface area contributed by atoms with Crippen LogP contribution >= 0.6 is 0 Å². The van der Waals surface area contributed by atoms with Crippen LogP contribution in [-0.4, -0.2) is 64.8 Å². The monoisotopic (exact) mass is 279 g/mol. The zero-order valence-electron chi connectivity index (χ0n) is 12.5. The highest BCUT2D eigenvalue weighted by Gasteiger charge is 2.24. The molecule has 1 amide bonds. The summed E-state index contributed by atoms with van der Waals surface area (Å²) in [5.41, 5.74) is 7.27. The van der Waals surface area contributed by atoms with Gasteiger partial charge >= 0.3 is 0 Å². The van der Waals surface area contributed by atoms with Crippen molar-refractivity contribution in [2.24, 2.45) is 5.73 Å². The summed E-state index contributed by atoms with van der Waals surface area (Å²) in [6.45, 7) is 9.75. The standard InChI is InChI=1S/C14H25N5O/c1-3-12-11-13(19(4-2)16-12)14(20)18-9-7-17(6-5-15)8-10-18/h11H,3-10,15H2,1-2H3. The van der Waals surface area contributed by atoms with Crippen LogP contribution in [0.1, 0.15) is 30.0 Å². The number of hydrogen-bond acceptors (Lipinski definition) is 4. The Labute approximate surface area is 120 Å². The topological polar surface area (TPSA) is 67.4 Å². The van der Waals surface area contributed by atoms with Crippen molar-refractivity contribution >= 4 is 5.91 Å². The van der Waals surface area contributed by atoms with Gasteiger partial charge in [-0.3, -0.25) is 14.4 Å². The van der Waals surface area contributed by atoms with Gasteiger partial charge in [0.1, 0.15) is 5.69 Å². The Morgan fingerprint density at radius 2 is 2.00 bits per heavy atom. The van der Waals surface area contributed by atoms with Gasteiger partial charge in [-0.2, -0.15) is 5.10 Å². The van der Waals surface area contributed by atoms with Crippen molar-refractivity contribution in [2.45, 2.75) is 26.8 Å². The van der Waals surface area contributed by atoms with Gasteiger partial charge in [0.05, 0.1) is 5.69 Å². The second-order valence-corrected chi connectivity index (χ2v) is 5.11. The maximum atomic E-state index is 12.6. The number of amides is 1. The summed E-state index contributed by atoms with van der Waals surface area (Å²) >= 11 is 0. The third-order valence-electron chi connectivity index (χ3n) is 3.82. The molecule has 6 heteroatoms. The fourth-order valence-corrected chi connectivity index (χ4v) is 2.58. The lowest BCUT2D eigenvalue weighted by atomic mass is 10.2. The van der Waals surface area contributed by atoms with Crippen molar-refractivity contribution in [1.82, 2.24) is 19.6 Å². The van der Waals surface area contributed by atoms with Gasteiger partial charge in [0, 0.05) is 45.8 Å². The van der Waals surface area contributed by atoms with Crippen LogP contribution in [0.2, 0.25) is 0 Å². The number of nitrogens with zero attached hydrogens (tertiary/aromatic N) is 4. The Hall–Kier alpha value is -1.40. The van der Waals surface area contributed by atoms with Crippen molar-refractivity contribution in [1.29, 1.82) is 0 Å². The first-order valence-electron chi connectivity index (χ1n) is 7.48. The van der Waals surface area contributed by atoms with Crippen molar-refractivity contribution in [3.05, 3.63) is 17.5 Å². The van der Waals surface area contributed by atoms with Gasteiger partial charge in [-0.1, -0.05) is 6.92 Å². The molecular weight excluding hydrogens is 254 g/mol. The highest BCUT2D eigenvalue weighted by atomic mass is 16.2. The molecular formula is C14H25N5O. The molecule has 1 aromatic rings. The second kappa shape index (κ2) is 6.85. The van der Waals surface area contributed by atoms with Crippen LogP contribution in [0.3, 0.4) is 0 Å². The number of aromatic nitrogens is 2. The summed E-state index contributed by atoms with van der Waals surface area (Å²) in [7, 11) is 0. The van der Waals surface area contributed by atoms with Crippen LogP contribution < -0.4 is 5.73 Å². The van der Waals surface area contributed by atoms with Gasteiger partial charge in [-0.25, -0.2) is 0 Å². The van der Waals surface area contributed by atoms with Gasteiger partial charge in [-0.05, 0) is 19.4 Å². The smallest absolute Gasteiger partial charge is 0.272 e. The lowest BCUT2D eigenvalue weighted by molar-refractivity contribution is 0.0629. The van der Waals surface area contributed by atoms with Crippen molar-refractivity contribution < 1.29 is 4.79 Å². The number of nitrogens with two attached hydrogens (primary N) is 1. The minimum Gasteiger partial charge on any atom is -0.335 e. The second-order valence-electron chi connectivity index (χ2n) is 5.11. The summed E-state index contributed by atoms with van der Waals surface area (Å²) in [5, 5.41) is 4.45. The molecule has 1 aliphatic rings. The summed E-state index contributed by atoms with van der Waals surface area (Å²) in [6.07, 6.45) is 0.859. The Morgan fingerprint density at radius 3 is 2.55 bits per heavy atom. The molecule has 0 unspecified atom stereocenters. The Balaban J connectivity index is 2.03. The van der Waals surface area contributed by atoms with Gasteiger partial charge in [0.2, 0.25) is 0 Å². The number of hydrogen-bond donors (Lipinski definition) is 1. The van der Waals surface area contributed by atoms with E-state index < -0.39 is 0 Å². The lowest BCUT2D eigenvalue weighted by Gasteiger charge is -2.34. The molecule has 0 aliphatic carbocycles. The molecule has 2 N–H and O–H groups in total. The van der Waals surface area contributed by atoms with Crippen LogP contribution in [0.25, 0.3) is 0 Å². The first-order chi connectivity index (χ1) is 9.69. The van der Waals surface area contributed by atoms with Crippen molar-refractivity contribution in [3.8, 4) is 0 Å². The zero-order valence-corrected chi connectivity index (χ0v) is 12.5. The average Bonchev–Trinajstić information content (AvgIpc) is 2.91. The molecule has 2 heterocycles. The third-order valence-corrected chi connectivity index (χ3v) is 3.82. The zero-order chi connectivity index (χ0) is 14.5. The summed E-state index contributed by atoms with van der Waals surface area (Å²) in [6, 6.07) is 1.93. The molecule has 0 aromatic carbocycles. The van der Waals surface area contributed by atoms with Crippen molar-refractivity contribution in [3.63, 3.8) is 0 Å². The molecule has 6 nitrogen and oxygen atoms in total. The van der Waals surface area contributed by atoms with Crippen LogP contribution in [-0.2, 0) is 13.0 Å². The largest absolute Gasteiger partial charge is 0.335 e. The lowest BCUT2D eigenvalue weighted by Crippen LogP contribution is -2.50. The van der Waals surface area contributed by atoms with E-state index in [9.17, 15) is 4.79 Å². The first-order valence-corrected chi connectivity index (χ1v) is 7.48. The molecule has 1 aromatic heterocycles. The predicted octanol–water partition coefficient (Wildman–Crippen LogP) is 0.182. The predicted molar refractivity (Wildman–Crippen MR) is 78.7 cm³/mol. The summed E-state index contributed by atoms with van der Waals surface area (Å²) in [4.78, 5) is 16.8. The SMILES string of the molecule is CCc1cc(C(=O)N2CCN(CCN)CC2)n(CC)n1. The molecule has 112 valence electrons. The fraction of sp³-hybridized carbons (Fsp3) is 0.714. The fourth-order valence-electron chi connectivity index (χ4n) is 2.58.